The second-order valence-corrected chi connectivity index (χ2v) is 3.85. The van der Waals surface area contributed by atoms with Crippen LogP contribution in [-0.2, 0) is 13.6 Å². The monoisotopic (exact) mass is 222 g/mol. The third-order valence-electron chi connectivity index (χ3n) is 1.77. The van der Waals surface area contributed by atoms with Gasteiger partial charge in [0.05, 0.1) is 5.69 Å². The zero-order valence-corrected chi connectivity index (χ0v) is 8.98. The van der Waals surface area contributed by atoms with Gasteiger partial charge in [0.25, 0.3) is 0 Å². The molecule has 0 spiro atoms. The molecule has 2 N–H and O–H groups in total. The quantitative estimate of drug-likeness (QED) is 0.799. The maximum absolute atomic E-state index is 5.50. The van der Waals surface area contributed by atoms with E-state index in [1.54, 1.807) is 11.7 Å². The van der Waals surface area contributed by atoms with E-state index in [9.17, 15) is 0 Å². The van der Waals surface area contributed by atoms with Gasteiger partial charge >= 0.3 is 0 Å². The number of nitrogens with two attached hydrogens (primary N) is 1. The summed E-state index contributed by atoms with van der Waals surface area (Å²) in [6.07, 6.45) is 0. The number of nitrogens with zero attached hydrogens (tertiary/aromatic N) is 5. The number of pyridine rings is 1. The number of aromatic nitrogens is 5. The van der Waals surface area contributed by atoms with Crippen LogP contribution in [0.1, 0.15) is 5.69 Å². The molecule has 0 saturated carbocycles. The Labute approximate surface area is 90.9 Å². The third-order valence-corrected chi connectivity index (χ3v) is 2.73. The maximum atomic E-state index is 5.50. The van der Waals surface area contributed by atoms with Crippen molar-refractivity contribution in [1.29, 1.82) is 0 Å². The molecule has 6 nitrogen and oxygen atoms in total. The van der Waals surface area contributed by atoms with Crippen molar-refractivity contribution in [3.63, 3.8) is 0 Å². The van der Waals surface area contributed by atoms with Crippen molar-refractivity contribution in [1.82, 2.24) is 25.2 Å². The van der Waals surface area contributed by atoms with E-state index in [0.717, 1.165) is 10.7 Å². The van der Waals surface area contributed by atoms with Crippen molar-refractivity contribution in [2.24, 2.45) is 12.8 Å². The fraction of sp³-hybridized carbons (Fsp3) is 0.250. The molecule has 2 heterocycles. The van der Waals surface area contributed by atoms with Gasteiger partial charge in [-0.3, -0.25) is 0 Å². The molecule has 2 aromatic heterocycles. The van der Waals surface area contributed by atoms with Crippen LogP contribution < -0.4 is 5.73 Å². The smallest absolute Gasteiger partial charge is 0.215 e. The molecule has 0 bridgehead atoms. The molecule has 0 aliphatic heterocycles. The Morgan fingerprint density at radius 2 is 2.33 bits per heavy atom. The predicted octanol–water partition coefficient (Wildman–Crippen LogP) is 0.215. The highest BCUT2D eigenvalue weighted by atomic mass is 32.2. The van der Waals surface area contributed by atoms with Crippen LogP contribution in [0.4, 0.5) is 0 Å². The van der Waals surface area contributed by atoms with Crippen LogP contribution >= 0.6 is 11.8 Å². The first-order valence-electron chi connectivity index (χ1n) is 4.36. The first kappa shape index (κ1) is 10.1. The van der Waals surface area contributed by atoms with Crippen LogP contribution in [0.15, 0.2) is 28.4 Å². The van der Waals surface area contributed by atoms with E-state index in [1.807, 2.05) is 18.2 Å². The molecule has 0 aliphatic rings. The van der Waals surface area contributed by atoms with Crippen LogP contribution in [0.5, 0.6) is 0 Å². The molecule has 2 rings (SSSR count). The van der Waals surface area contributed by atoms with E-state index in [4.69, 9.17) is 5.73 Å². The summed E-state index contributed by atoms with van der Waals surface area (Å²) in [5, 5.41) is 12.7. The molecule has 0 amide bonds. The molecular formula is C8H10N6S. The summed E-state index contributed by atoms with van der Waals surface area (Å²) in [5.74, 6) is 0. The van der Waals surface area contributed by atoms with Gasteiger partial charge in [0.2, 0.25) is 5.16 Å². The molecule has 7 heteroatoms. The fourth-order valence-electron chi connectivity index (χ4n) is 1.03. The van der Waals surface area contributed by atoms with Crippen LogP contribution in [0.25, 0.3) is 0 Å². The minimum atomic E-state index is 0.436. The van der Waals surface area contributed by atoms with Gasteiger partial charge in [-0.15, -0.1) is 5.10 Å². The van der Waals surface area contributed by atoms with Gasteiger partial charge in [0.1, 0.15) is 5.03 Å². The lowest BCUT2D eigenvalue weighted by Gasteiger charge is -2.00. The number of hydrogen-bond donors (Lipinski definition) is 1. The van der Waals surface area contributed by atoms with Crippen molar-refractivity contribution < 1.29 is 0 Å². The number of rotatable bonds is 3. The third kappa shape index (κ3) is 2.31. The van der Waals surface area contributed by atoms with E-state index in [1.165, 1.54) is 11.8 Å². The number of tetrazole rings is 1. The molecular weight excluding hydrogens is 212 g/mol. The summed E-state index contributed by atoms with van der Waals surface area (Å²) >= 11 is 1.41. The Balaban J connectivity index is 2.21. The summed E-state index contributed by atoms with van der Waals surface area (Å²) in [6.45, 7) is 0.436. The number of aryl methyl sites for hydroxylation is 1. The maximum Gasteiger partial charge on any atom is 0.215 e. The molecule has 0 radical (unpaired) electrons. The Bertz CT molecular complexity index is 454. The normalized spacial score (nSPS) is 10.5. The Kier molecular flexibility index (Phi) is 2.93. The largest absolute Gasteiger partial charge is 0.325 e. The van der Waals surface area contributed by atoms with Gasteiger partial charge in [0.15, 0.2) is 0 Å². The lowest BCUT2D eigenvalue weighted by molar-refractivity contribution is 0.664. The van der Waals surface area contributed by atoms with Crippen LogP contribution in [0.2, 0.25) is 0 Å². The average molecular weight is 222 g/mol. The van der Waals surface area contributed by atoms with Gasteiger partial charge in [0, 0.05) is 13.6 Å². The van der Waals surface area contributed by atoms with Crippen LogP contribution in [0, 0.1) is 0 Å². The molecule has 15 heavy (non-hydrogen) atoms. The van der Waals surface area contributed by atoms with Gasteiger partial charge in [-0.25, -0.2) is 9.67 Å². The second kappa shape index (κ2) is 4.37. The van der Waals surface area contributed by atoms with E-state index < -0.39 is 0 Å². The lowest BCUT2D eigenvalue weighted by Crippen LogP contribution is -2.00. The molecule has 0 atom stereocenters. The van der Waals surface area contributed by atoms with Crippen LogP contribution in [-0.4, -0.2) is 25.2 Å². The molecule has 2 aromatic rings. The van der Waals surface area contributed by atoms with Crippen LogP contribution in [0.3, 0.4) is 0 Å². The fourth-order valence-corrected chi connectivity index (χ4v) is 1.77. The summed E-state index contributed by atoms with van der Waals surface area (Å²) in [5.41, 5.74) is 6.36. The van der Waals surface area contributed by atoms with Gasteiger partial charge in [-0.2, -0.15) is 0 Å². The zero-order chi connectivity index (χ0) is 10.7. The standard InChI is InChI=1S/C8H10N6S/c1-14-8(11-12-13-14)15-7-4-2-3-6(5-9)10-7/h2-4H,5,9H2,1H3. The Morgan fingerprint density at radius 1 is 1.47 bits per heavy atom. The highest BCUT2D eigenvalue weighted by molar-refractivity contribution is 7.99. The average Bonchev–Trinajstić information content (AvgIpc) is 2.65. The molecule has 0 aromatic carbocycles. The summed E-state index contributed by atoms with van der Waals surface area (Å²) in [4.78, 5) is 4.34. The van der Waals surface area contributed by atoms with Gasteiger partial charge in [-0.05, 0) is 34.3 Å². The minimum absolute atomic E-state index is 0.436. The minimum Gasteiger partial charge on any atom is -0.325 e. The Hall–Kier alpha value is -1.47. The zero-order valence-electron chi connectivity index (χ0n) is 8.16. The molecule has 0 fully saturated rings. The number of hydrogen-bond acceptors (Lipinski definition) is 6. The summed E-state index contributed by atoms with van der Waals surface area (Å²) in [7, 11) is 1.79. The van der Waals surface area contributed by atoms with E-state index in [0.29, 0.717) is 11.7 Å². The van der Waals surface area contributed by atoms with Crippen molar-refractivity contribution in [2.75, 3.05) is 0 Å². The topological polar surface area (TPSA) is 82.5 Å². The Morgan fingerprint density at radius 3 is 3.00 bits per heavy atom. The highest BCUT2D eigenvalue weighted by Gasteiger charge is 2.05. The molecule has 0 saturated heterocycles. The molecule has 78 valence electrons. The predicted molar refractivity (Wildman–Crippen MR) is 55.0 cm³/mol. The highest BCUT2D eigenvalue weighted by Crippen LogP contribution is 2.22. The van der Waals surface area contributed by atoms with E-state index in [2.05, 4.69) is 20.5 Å². The van der Waals surface area contributed by atoms with Gasteiger partial charge < -0.3 is 5.73 Å². The van der Waals surface area contributed by atoms with Gasteiger partial charge in [-0.1, -0.05) is 6.07 Å². The molecule has 0 unspecified atom stereocenters. The lowest BCUT2D eigenvalue weighted by atomic mass is 10.4. The first-order chi connectivity index (χ1) is 7.29. The van der Waals surface area contributed by atoms with E-state index >= 15 is 0 Å². The SMILES string of the molecule is Cn1nnnc1Sc1cccc(CN)n1. The van der Waals surface area contributed by atoms with Crippen molar-refractivity contribution >= 4 is 11.8 Å². The van der Waals surface area contributed by atoms with E-state index in [-0.39, 0.29) is 0 Å². The summed E-state index contributed by atoms with van der Waals surface area (Å²) < 4.78 is 1.60. The van der Waals surface area contributed by atoms with Crippen molar-refractivity contribution in [3.05, 3.63) is 23.9 Å². The van der Waals surface area contributed by atoms with Crippen molar-refractivity contribution in [3.8, 4) is 0 Å². The summed E-state index contributed by atoms with van der Waals surface area (Å²) in [6, 6.07) is 5.71. The first-order valence-corrected chi connectivity index (χ1v) is 5.17. The van der Waals surface area contributed by atoms with Crippen molar-refractivity contribution in [2.45, 2.75) is 16.7 Å². The second-order valence-electron chi connectivity index (χ2n) is 2.86. The molecule has 0 aliphatic carbocycles.